The number of hydrogen-bond donors (Lipinski definition) is 1. The standard InChI is InChI=1S/C15H31N3O2S/c1-4-16-11-15-8-6-9-17(12-15)21(19,20)18-10-5-7-13(2)14(18)3/h13-16H,4-12H2,1-3H3. The zero-order valence-corrected chi connectivity index (χ0v) is 14.5. The van der Waals surface area contributed by atoms with Gasteiger partial charge in [-0.25, -0.2) is 0 Å². The third-order valence-electron chi connectivity index (χ3n) is 5.10. The Balaban J connectivity index is 2.04. The SMILES string of the molecule is CCNCC1CCCN(S(=O)(=O)N2CCCC(C)C2C)C1. The second kappa shape index (κ2) is 7.40. The van der Waals surface area contributed by atoms with E-state index in [9.17, 15) is 8.42 Å². The van der Waals surface area contributed by atoms with E-state index < -0.39 is 10.2 Å². The summed E-state index contributed by atoms with van der Waals surface area (Å²) in [5, 5.41) is 3.35. The van der Waals surface area contributed by atoms with Crippen LogP contribution < -0.4 is 5.32 Å². The van der Waals surface area contributed by atoms with Crippen molar-refractivity contribution in [1.29, 1.82) is 0 Å². The normalized spacial score (nSPS) is 33.2. The van der Waals surface area contributed by atoms with Crippen molar-refractivity contribution in [2.45, 2.75) is 52.5 Å². The number of hydrogen-bond acceptors (Lipinski definition) is 3. The molecule has 0 bridgehead atoms. The van der Waals surface area contributed by atoms with Gasteiger partial charge in [0, 0.05) is 25.7 Å². The molecule has 2 rings (SSSR count). The van der Waals surface area contributed by atoms with Crippen molar-refractivity contribution in [3.8, 4) is 0 Å². The minimum Gasteiger partial charge on any atom is -0.317 e. The summed E-state index contributed by atoms with van der Waals surface area (Å²) in [4.78, 5) is 0. The number of nitrogens with one attached hydrogen (secondary N) is 1. The summed E-state index contributed by atoms with van der Waals surface area (Å²) >= 11 is 0. The van der Waals surface area contributed by atoms with Crippen molar-refractivity contribution in [3.05, 3.63) is 0 Å². The van der Waals surface area contributed by atoms with Crippen LogP contribution in [0.1, 0.15) is 46.5 Å². The van der Waals surface area contributed by atoms with Crippen molar-refractivity contribution in [1.82, 2.24) is 13.9 Å². The highest BCUT2D eigenvalue weighted by molar-refractivity contribution is 7.86. The fraction of sp³-hybridized carbons (Fsp3) is 1.00. The topological polar surface area (TPSA) is 52.7 Å². The minimum absolute atomic E-state index is 0.123. The van der Waals surface area contributed by atoms with Crippen LogP contribution in [0.4, 0.5) is 0 Å². The lowest BCUT2D eigenvalue weighted by Crippen LogP contribution is -2.54. The predicted octanol–water partition coefficient (Wildman–Crippen LogP) is 1.67. The molecule has 0 aromatic heterocycles. The third-order valence-corrected chi connectivity index (χ3v) is 7.20. The van der Waals surface area contributed by atoms with Crippen LogP contribution in [-0.4, -0.2) is 55.8 Å². The van der Waals surface area contributed by atoms with Gasteiger partial charge in [-0.1, -0.05) is 13.8 Å². The van der Waals surface area contributed by atoms with Crippen molar-refractivity contribution in [2.24, 2.45) is 11.8 Å². The first-order chi connectivity index (χ1) is 9.96. The average Bonchev–Trinajstić information content (AvgIpc) is 2.48. The molecule has 124 valence electrons. The Morgan fingerprint density at radius 2 is 1.86 bits per heavy atom. The molecule has 3 atom stereocenters. The molecular formula is C15H31N3O2S. The quantitative estimate of drug-likeness (QED) is 0.839. The van der Waals surface area contributed by atoms with Gasteiger partial charge in [-0.2, -0.15) is 17.0 Å². The fourth-order valence-corrected chi connectivity index (χ4v) is 5.57. The molecule has 2 heterocycles. The zero-order valence-electron chi connectivity index (χ0n) is 13.7. The molecule has 2 saturated heterocycles. The number of rotatable bonds is 5. The van der Waals surface area contributed by atoms with Gasteiger partial charge in [0.2, 0.25) is 0 Å². The number of nitrogens with zero attached hydrogens (tertiary/aromatic N) is 2. The largest absolute Gasteiger partial charge is 0.317 e. The summed E-state index contributed by atoms with van der Waals surface area (Å²) in [6.45, 7) is 10.2. The molecule has 21 heavy (non-hydrogen) atoms. The van der Waals surface area contributed by atoms with Gasteiger partial charge in [0.25, 0.3) is 10.2 Å². The summed E-state index contributed by atoms with van der Waals surface area (Å²) in [6, 6.07) is 0.123. The lowest BCUT2D eigenvalue weighted by Gasteiger charge is -2.41. The smallest absolute Gasteiger partial charge is 0.282 e. The Kier molecular flexibility index (Phi) is 6.05. The molecule has 0 amide bonds. The maximum absolute atomic E-state index is 12.9. The first-order valence-corrected chi connectivity index (χ1v) is 9.84. The third kappa shape index (κ3) is 3.97. The lowest BCUT2D eigenvalue weighted by molar-refractivity contribution is 0.176. The molecule has 2 aliphatic heterocycles. The van der Waals surface area contributed by atoms with Crippen molar-refractivity contribution < 1.29 is 8.42 Å². The molecule has 3 unspecified atom stereocenters. The highest BCUT2D eigenvalue weighted by Gasteiger charge is 2.38. The highest BCUT2D eigenvalue weighted by Crippen LogP contribution is 2.29. The molecule has 5 nitrogen and oxygen atoms in total. The van der Waals surface area contributed by atoms with E-state index >= 15 is 0 Å². The van der Waals surface area contributed by atoms with Gasteiger partial charge in [-0.3, -0.25) is 0 Å². The van der Waals surface area contributed by atoms with Gasteiger partial charge in [-0.15, -0.1) is 0 Å². The first-order valence-electron chi connectivity index (χ1n) is 8.44. The van der Waals surface area contributed by atoms with Gasteiger partial charge in [-0.05, 0) is 57.5 Å². The average molecular weight is 317 g/mol. The van der Waals surface area contributed by atoms with Crippen LogP contribution in [-0.2, 0) is 10.2 Å². The van der Waals surface area contributed by atoms with Gasteiger partial charge < -0.3 is 5.32 Å². The predicted molar refractivity (Wildman–Crippen MR) is 86.3 cm³/mol. The minimum atomic E-state index is -3.29. The van der Waals surface area contributed by atoms with Crippen LogP contribution >= 0.6 is 0 Å². The van der Waals surface area contributed by atoms with E-state index in [1.807, 2.05) is 0 Å². The molecule has 0 aromatic rings. The van der Waals surface area contributed by atoms with Gasteiger partial charge in [0.05, 0.1) is 0 Å². The second-order valence-electron chi connectivity index (χ2n) is 6.65. The van der Waals surface area contributed by atoms with E-state index in [1.165, 1.54) is 0 Å². The van der Waals surface area contributed by atoms with E-state index in [2.05, 4.69) is 26.1 Å². The van der Waals surface area contributed by atoms with Gasteiger partial charge >= 0.3 is 0 Å². The van der Waals surface area contributed by atoms with E-state index in [1.54, 1.807) is 8.61 Å². The van der Waals surface area contributed by atoms with Crippen molar-refractivity contribution in [3.63, 3.8) is 0 Å². The Bertz CT molecular complexity index is 427. The first kappa shape index (κ1) is 17.2. The summed E-state index contributed by atoms with van der Waals surface area (Å²) in [5.41, 5.74) is 0. The summed E-state index contributed by atoms with van der Waals surface area (Å²) in [5.74, 6) is 0.905. The Morgan fingerprint density at radius 1 is 1.14 bits per heavy atom. The monoisotopic (exact) mass is 317 g/mol. The maximum Gasteiger partial charge on any atom is 0.282 e. The maximum atomic E-state index is 12.9. The summed E-state index contributed by atoms with van der Waals surface area (Å²) < 4.78 is 29.4. The van der Waals surface area contributed by atoms with Crippen molar-refractivity contribution in [2.75, 3.05) is 32.7 Å². The highest BCUT2D eigenvalue weighted by atomic mass is 32.2. The van der Waals surface area contributed by atoms with E-state index in [4.69, 9.17) is 0 Å². The van der Waals surface area contributed by atoms with E-state index in [-0.39, 0.29) is 6.04 Å². The Morgan fingerprint density at radius 3 is 2.57 bits per heavy atom. The van der Waals surface area contributed by atoms with E-state index in [0.717, 1.165) is 38.8 Å². The van der Waals surface area contributed by atoms with Crippen LogP contribution in [0.2, 0.25) is 0 Å². The molecule has 6 heteroatoms. The molecule has 0 saturated carbocycles. The molecular weight excluding hydrogens is 286 g/mol. The molecule has 0 spiro atoms. The molecule has 2 fully saturated rings. The van der Waals surface area contributed by atoms with Crippen molar-refractivity contribution >= 4 is 10.2 Å². The van der Waals surface area contributed by atoms with E-state index in [0.29, 0.717) is 31.5 Å². The molecule has 0 aliphatic carbocycles. The van der Waals surface area contributed by atoms with Crippen LogP contribution in [0.5, 0.6) is 0 Å². The fourth-order valence-electron chi connectivity index (χ4n) is 3.52. The van der Waals surface area contributed by atoms with Gasteiger partial charge in [0.15, 0.2) is 0 Å². The molecule has 2 aliphatic rings. The zero-order chi connectivity index (χ0) is 15.5. The Labute approximate surface area is 130 Å². The Hall–Kier alpha value is -0.170. The lowest BCUT2D eigenvalue weighted by atomic mass is 9.94. The number of piperidine rings is 2. The van der Waals surface area contributed by atoms with Crippen LogP contribution in [0, 0.1) is 11.8 Å². The van der Waals surface area contributed by atoms with Crippen LogP contribution in [0.3, 0.4) is 0 Å². The second-order valence-corrected chi connectivity index (χ2v) is 8.53. The van der Waals surface area contributed by atoms with Gasteiger partial charge in [0.1, 0.15) is 0 Å². The molecule has 0 aromatic carbocycles. The molecule has 0 radical (unpaired) electrons. The van der Waals surface area contributed by atoms with Crippen LogP contribution in [0.25, 0.3) is 0 Å². The molecule has 1 N–H and O–H groups in total. The van der Waals surface area contributed by atoms with Crippen LogP contribution in [0.15, 0.2) is 0 Å². The summed E-state index contributed by atoms with van der Waals surface area (Å²) in [6.07, 6.45) is 4.23. The summed E-state index contributed by atoms with van der Waals surface area (Å²) in [7, 11) is -3.29.